The van der Waals surface area contributed by atoms with Gasteiger partial charge in [-0.15, -0.1) is 4.83 Å². The number of carbonyl (C=O) groups is 1. The van der Waals surface area contributed by atoms with Crippen LogP contribution in [0.5, 0.6) is 0 Å². The van der Waals surface area contributed by atoms with Crippen LogP contribution in [0.25, 0.3) is 11.0 Å². The van der Waals surface area contributed by atoms with E-state index in [1.54, 1.807) is 12.1 Å². The lowest BCUT2D eigenvalue weighted by Crippen LogP contribution is -2.42. The number of amides is 1. The lowest BCUT2D eigenvalue weighted by Gasteiger charge is -2.16. The topological polar surface area (TPSA) is 104 Å². The van der Waals surface area contributed by atoms with Gasteiger partial charge >= 0.3 is 0 Å². The minimum Gasteiger partial charge on any atom is -0.333 e. The predicted molar refractivity (Wildman–Crippen MR) is 108 cm³/mol. The molecule has 0 radical (unpaired) electrons. The number of sulfonamides is 1. The van der Waals surface area contributed by atoms with Crippen LogP contribution < -0.4 is 10.3 Å². The van der Waals surface area contributed by atoms with Crippen molar-refractivity contribution in [2.24, 2.45) is 0 Å². The molecule has 1 heterocycles. The first kappa shape index (κ1) is 19.0. The molecule has 0 fully saturated rings. The number of hydrogen-bond donors (Lipinski definition) is 3. The predicted octanol–water partition coefficient (Wildman–Crippen LogP) is 2.54. The van der Waals surface area contributed by atoms with Gasteiger partial charge in [-0.2, -0.15) is 0 Å². The van der Waals surface area contributed by atoms with Gasteiger partial charge in [-0.25, -0.2) is 13.4 Å². The van der Waals surface area contributed by atoms with E-state index in [0.29, 0.717) is 5.16 Å². The summed E-state index contributed by atoms with van der Waals surface area (Å²) in [6.07, 6.45) is 4.08. The van der Waals surface area contributed by atoms with Crippen LogP contribution in [-0.4, -0.2) is 30.0 Å². The molecule has 1 amide bonds. The number of imidazole rings is 1. The van der Waals surface area contributed by atoms with Crippen molar-refractivity contribution in [3.05, 3.63) is 53.6 Å². The second-order valence-corrected chi connectivity index (χ2v) is 9.29. The highest BCUT2D eigenvalue weighted by atomic mass is 32.2. The molecule has 4 rings (SSSR count). The Kier molecular flexibility index (Phi) is 5.38. The van der Waals surface area contributed by atoms with E-state index in [0.717, 1.165) is 42.3 Å². The zero-order valence-corrected chi connectivity index (χ0v) is 16.7. The number of aromatic nitrogens is 2. The average Bonchev–Trinajstić information content (AvgIpc) is 3.13. The van der Waals surface area contributed by atoms with E-state index in [-0.39, 0.29) is 10.6 Å². The van der Waals surface area contributed by atoms with Gasteiger partial charge in [-0.3, -0.25) is 10.2 Å². The van der Waals surface area contributed by atoms with Gasteiger partial charge in [0.25, 0.3) is 10.0 Å². The number of benzene rings is 2. The highest BCUT2D eigenvalue weighted by Crippen LogP contribution is 2.24. The molecule has 28 heavy (non-hydrogen) atoms. The summed E-state index contributed by atoms with van der Waals surface area (Å²) >= 11 is 1.21. The molecule has 0 bridgehead atoms. The Morgan fingerprint density at radius 2 is 1.89 bits per heavy atom. The lowest BCUT2D eigenvalue weighted by molar-refractivity contribution is -0.119. The van der Waals surface area contributed by atoms with Crippen molar-refractivity contribution < 1.29 is 13.2 Å². The molecule has 3 N–H and O–H groups in total. The summed E-state index contributed by atoms with van der Waals surface area (Å²) in [7, 11) is -3.81. The molecule has 1 aromatic heterocycles. The summed E-state index contributed by atoms with van der Waals surface area (Å²) in [6.45, 7) is 0. The van der Waals surface area contributed by atoms with Gasteiger partial charge in [0.15, 0.2) is 5.16 Å². The van der Waals surface area contributed by atoms with Crippen molar-refractivity contribution in [1.29, 1.82) is 0 Å². The molecule has 1 aliphatic carbocycles. The molecule has 1 aliphatic rings. The van der Waals surface area contributed by atoms with Gasteiger partial charge in [-0.05, 0) is 61.1 Å². The third-order valence-corrected chi connectivity index (χ3v) is 6.78. The zero-order chi connectivity index (χ0) is 19.6. The first-order valence-corrected chi connectivity index (χ1v) is 11.5. The number of aryl methyl sites for hydroxylation is 2. The Morgan fingerprint density at radius 1 is 1.11 bits per heavy atom. The minimum absolute atomic E-state index is 0.0343. The van der Waals surface area contributed by atoms with E-state index in [4.69, 9.17) is 0 Å². The molecule has 0 unspecified atom stereocenters. The van der Waals surface area contributed by atoms with Crippen LogP contribution in [0.4, 0.5) is 0 Å². The van der Waals surface area contributed by atoms with Crippen molar-refractivity contribution in [2.45, 2.75) is 35.7 Å². The number of thioether (sulfide) groups is 1. The second-order valence-electron chi connectivity index (χ2n) is 6.64. The minimum atomic E-state index is -3.81. The Hall–Kier alpha value is -2.36. The van der Waals surface area contributed by atoms with E-state index >= 15 is 0 Å². The summed E-state index contributed by atoms with van der Waals surface area (Å²) in [4.78, 5) is 21.9. The number of aromatic amines is 1. The number of nitrogens with zero attached hydrogens (tertiary/aromatic N) is 1. The summed E-state index contributed by atoms with van der Waals surface area (Å²) in [5, 5.41) is 0.605. The van der Waals surface area contributed by atoms with Crippen LogP contribution in [-0.2, 0) is 27.7 Å². The van der Waals surface area contributed by atoms with Crippen LogP contribution in [0, 0.1) is 0 Å². The number of hydrogen-bond acceptors (Lipinski definition) is 5. The summed E-state index contributed by atoms with van der Waals surface area (Å²) in [5.74, 6) is -0.418. The summed E-state index contributed by atoms with van der Waals surface area (Å²) in [5.41, 5.74) is 6.25. The van der Waals surface area contributed by atoms with Crippen LogP contribution >= 0.6 is 11.8 Å². The van der Waals surface area contributed by atoms with Gasteiger partial charge in [0.2, 0.25) is 5.91 Å². The smallest absolute Gasteiger partial charge is 0.257 e. The number of nitrogens with one attached hydrogen (secondary N) is 3. The summed E-state index contributed by atoms with van der Waals surface area (Å²) < 4.78 is 24.9. The van der Waals surface area contributed by atoms with E-state index in [9.17, 15) is 13.2 Å². The number of carbonyl (C=O) groups excluding carboxylic acids is 1. The third-order valence-electron chi connectivity index (χ3n) is 4.66. The SMILES string of the molecule is O=C(CSc1nc2ccccc2[nH]1)NNS(=O)(=O)c1ccc2c(c1)CCCC2. The van der Waals surface area contributed by atoms with E-state index in [1.165, 1.54) is 17.3 Å². The van der Waals surface area contributed by atoms with E-state index < -0.39 is 15.9 Å². The highest BCUT2D eigenvalue weighted by Gasteiger charge is 2.18. The fourth-order valence-electron chi connectivity index (χ4n) is 3.23. The maximum Gasteiger partial charge on any atom is 0.257 e. The van der Waals surface area contributed by atoms with E-state index in [1.807, 2.05) is 30.3 Å². The first-order valence-electron chi connectivity index (χ1n) is 9.01. The van der Waals surface area contributed by atoms with Gasteiger partial charge < -0.3 is 4.98 Å². The number of H-pyrrole nitrogens is 1. The maximum atomic E-state index is 12.5. The van der Waals surface area contributed by atoms with Crippen molar-refractivity contribution >= 4 is 38.7 Å². The zero-order valence-electron chi connectivity index (χ0n) is 15.1. The maximum absolute atomic E-state index is 12.5. The normalized spacial score (nSPS) is 14.0. The van der Waals surface area contributed by atoms with Gasteiger partial charge in [0, 0.05) is 0 Å². The number of rotatable bonds is 6. The third kappa shape index (κ3) is 4.21. The second kappa shape index (κ2) is 7.94. The Balaban J connectivity index is 1.34. The molecule has 0 saturated carbocycles. The molecular formula is C19H20N4O3S2. The highest BCUT2D eigenvalue weighted by molar-refractivity contribution is 7.99. The first-order chi connectivity index (χ1) is 13.5. The largest absolute Gasteiger partial charge is 0.333 e. The van der Waals surface area contributed by atoms with Crippen LogP contribution in [0.1, 0.15) is 24.0 Å². The Bertz CT molecular complexity index is 1090. The Morgan fingerprint density at radius 3 is 2.71 bits per heavy atom. The van der Waals surface area contributed by atoms with Crippen LogP contribution in [0.15, 0.2) is 52.5 Å². The molecule has 146 valence electrons. The number of fused-ring (bicyclic) bond motifs is 2. The van der Waals surface area contributed by atoms with Crippen molar-refractivity contribution in [3.8, 4) is 0 Å². The van der Waals surface area contributed by atoms with Gasteiger partial charge in [0.1, 0.15) is 0 Å². The van der Waals surface area contributed by atoms with Crippen molar-refractivity contribution in [1.82, 2.24) is 20.2 Å². The molecule has 0 atom stereocenters. The fraction of sp³-hybridized carbons (Fsp3) is 0.263. The van der Waals surface area contributed by atoms with Crippen molar-refractivity contribution in [2.75, 3.05) is 5.75 Å². The number of para-hydroxylation sites is 2. The van der Waals surface area contributed by atoms with Crippen molar-refractivity contribution in [3.63, 3.8) is 0 Å². The monoisotopic (exact) mass is 416 g/mol. The van der Waals surface area contributed by atoms with E-state index in [2.05, 4.69) is 20.2 Å². The lowest BCUT2D eigenvalue weighted by atomic mass is 9.92. The van der Waals surface area contributed by atoms with Crippen LogP contribution in [0.3, 0.4) is 0 Å². The van der Waals surface area contributed by atoms with Crippen LogP contribution in [0.2, 0.25) is 0 Å². The average molecular weight is 417 g/mol. The molecular weight excluding hydrogens is 396 g/mol. The Labute approximate surface area is 167 Å². The van der Waals surface area contributed by atoms with Gasteiger partial charge in [-0.1, -0.05) is 30.0 Å². The molecule has 0 spiro atoms. The molecule has 3 aromatic rings. The fourth-order valence-corrected chi connectivity index (χ4v) is 4.82. The molecule has 9 heteroatoms. The summed E-state index contributed by atoms with van der Waals surface area (Å²) in [6, 6.07) is 12.7. The standard InChI is InChI=1S/C19H20N4O3S2/c24-18(12-27-19-20-16-7-3-4-8-17(16)21-19)22-23-28(25,26)15-10-9-13-5-1-2-6-14(13)11-15/h3-4,7-11,23H,1-2,5-6,12H2,(H,20,21)(H,22,24). The molecule has 0 saturated heterocycles. The van der Waals surface area contributed by atoms with Gasteiger partial charge in [0.05, 0.1) is 21.7 Å². The molecule has 2 aromatic carbocycles. The molecule has 0 aliphatic heterocycles. The quantitative estimate of drug-likeness (QED) is 0.423. The molecule has 7 nitrogen and oxygen atoms in total. The number of hydrazine groups is 1.